The van der Waals surface area contributed by atoms with E-state index in [2.05, 4.69) is 15.2 Å². The Labute approximate surface area is 91.3 Å². The van der Waals surface area contributed by atoms with Gasteiger partial charge in [0.05, 0.1) is 11.9 Å². The molecule has 0 N–H and O–H groups in total. The van der Waals surface area contributed by atoms with Gasteiger partial charge in [-0.15, -0.1) is 5.10 Å². The van der Waals surface area contributed by atoms with Crippen molar-refractivity contribution >= 4 is 0 Å². The first-order valence-electron chi connectivity index (χ1n) is 6.02. The quantitative estimate of drug-likeness (QED) is 0.707. The SMILES string of the molecule is Cc1cnc(C2CCCCCCC2)nn1. The normalized spacial score (nSPS) is 19.5. The molecular weight excluding hydrogens is 186 g/mol. The topological polar surface area (TPSA) is 38.7 Å². The van der Waals surface area contributed by atoms with Gasteiger partial charge >= 0.3 is 0 Å². The molecule has 1 aliphatic carbocycles. The molecule has 3 heteroatoms. The van der Waals surface area contributed by atoms with E-state index in [9.17, 15) is 0 Å². The highest BCUT2D eigenvalue weighted by molar-refractivity contribution is 4.97. The summed E-state index contributed by atoms with van der Waals surface area (Å²) in [7, 11) is 0. The van der Waals surface area contributed by atoms with Gasteiger partial charge in [-0.3, -0.25) is 0 Å². The summed E-state index contributed by atoms with van der Waals surface area (Å²) in [5, 5.41) is 8.31. The van der Waals surface area contributed by atoms with E-state index in [1.54, 1.807) is 0 Å². The maximum Gasteiger partial charge on any atom is 0.153 e. The van der Waals surface area contributed by atoms with Crippen LogP contribution in [0.3, 0.4) is 0 Å². The van der Waals surface area contributed by atoms with Crippen LogP contribution in [0.25, 0.3) is 0 Å². The largest absolute Gasteiger partial charge is 0.237 e. The van der Waals surface area contributed by atoms with Crippen LogP contribution in [0.1, 0.15) is 62.4 Å². The highest BCUT2D eigenvalue weighted by atomic mass is 15.2. The van der Waals surface area contributed by atoms with E-state index >= 15 is 0 Å². The first-order valence-corrected chi connectivity index (χ1v) is 6.02. The Morgan fingerprint density at radius 3 is 2.27 bits per heavy atom. The second-order valence-electron chi connectivity index (χ2n) is 4.50. The molecule has 0 atom stereocenters. The maximum absolute atomic E-state index is 4.40. The Morgan fingerprint density at radius 2 is 1.67 bits per heavy atom. The molecule has 1 heterocycles. The Kier molecular flexibility index (Phi) is 3.64. The Hall–Kier alpha value is -0.990. The molecule has 0 bridgehead atoms. The average molecular weight is 205 g/mol. The third-order valence-corrected chi connectivity index (χ3v) is 3.16. The number of rotatable bonds is 1. The molecule has 0 amide bonds. The minimum atomic E-state index is 0.554. The number of aryl methyl sites for hydroxylation is 1. The summed E-state index contributed by atoms with van der Waals surface area (Å²) >= 11 is 0. The third-order valence-electron chi connectivity index (χ3n) is 3.16. The molecule has 0 spiro atoms. The lowest BCUT2D eigenvalue weighted by Crippen LogP contribution is -2.08. The molecule has 0 aliphatic heterocycles. The van der Waals surface area contributed by atoms with Gasteiger partial charge in [-0.2, -0.15) is 5.10 Å². The molecule has 1 aromatic heterocycles. The highest BCUT2D eigenvalue weighted by Crippen LogP contribution is 2.28. The van der Waals surface area contributed by atoms with E-state index in [1.165, 1.54) is 44.9 Å². The van der Waals surface area contributed by atoms with Gasteiger partial charge in [0.15, 0.2) is 5.82 Å². The number of hydrogen-bond donors (Lipinski definition) is 0. The predicted octanol–water partition coefficient (Wildman–Crippen LogP) is 3.01. The molecule has 82 valence electrons. The summed E-state index contributed by atoms with van der Waals surface area (Å²) < 4.78 is 0. The molecule has 0 saturated heterocycles. The van der Waals surface area contributed by atoms with Gasteiger partial charge in [-0.05, 0) is 19.8 Å². The molecule has 0 unspecified atom stereocenters. The van der Waals surface area contributed by atoms with Crippen molar-refractivity contribution in [3.63, 3.8) is 0 Å². The maximum atomic E-state index is 4.40. The summed E-state index contributed by atoms with van der Waals surface area (Å²) in [4.78, 5) is 4.40. The molecule has 3 nitrogen and oxygen atoms in total. The van der Waals surface area contributed by atoms with Gasteiger partial charge in [0.25, 0.3) is 0 Å². The summed E-state index contributed by atoms with van der Waals surface area (Å²) in [6.07, 6.45) is 11.1. The fourth-order valence-electron chi connectivity index (χ4n) is 2.24. The first-order chi connectivity index (χ1) is 7.36. The number of aromatic nitrogens is 3. The zero-order valence-corrected chi connectivity index (χ0v) is 9.45. The van der Waals surface area contributed by atoms with Crippen LogP contribution in [0, 0.1) is 6.92 Å². The predicted molar refractivity (Wildman–Crippen MR) is 59.6 cm³/mol. The van der Waals surface area contributed by atoms with E-state index in [0.29, 0.717) is 5.92 Å². The van der Waals surface area contributed by atoms with Crippen molar-refractivity contribution in [2.24, 2.45) is 0 Å². The van der Waals surface area contributed by atoms with Crippen molar-refractivity contribution in [2.75, 3.05) is 0 Å². The minimum absolute atomic E-state index is 0.554. The van der Waals surface area contributed by atoms with E-state index < -0.39 is 0 Å². The van der Waals surface area contributed by atoms with Crippen molar-refractivity contribution in [3.05, 3.63) is 17.7 Å². The van der Waals surface area contributed by atoms with Crippen molar-refractivity contribution in [2.45, 2.75) is 57.8 Å². The fraction of sp³-hybridized carbons (Fsp3) is 0.750. The molecule has 15 heavy (non-hydrogen) atoms. The van der Waals surface area contributed by atoms with Gasteiger partial charge in [-0.25, -0.2) is 4.98 Å². The van der Waals surface area contributed by atoms with Crippen molar-refractivity contribution in [3.8, 4) is 0 Å². The van der Waals surface area contributed by atoms with Crippen LogP contribution in [-0.2, 0) is 0 Å². The Bertz CT molecular complexity index is 286. The molecule has 0 aromatic carbocycles. The molecule has 1 aliphatic rings. The van der Waals surface area contributed by atoms with Gasteiger partial charge in [0.1, 0.15) is 0 Å². The monoisotopic (exact) mass is 205 g/mol. The molecule has 1 aromatic rings. The smallest absolute Gasteiger partial charge is 0.153 e. The van der Waals surface area contributed by atoms with Crippen molar-refractivity contribution in [1.82, 2.24) is 15.2 Å². The van der Waals surface area contributed by atoms with Crippen LogP contribution in [0.5, 0.6) is 0 Å². The molecular formula is C12H19N3. The summed E-state index contributed by atoms with van der Waals surface area (Å²) in [5.74, 6) is 1.51. The Morgan fingerprint density at radius 1 is 1.00 bits per heavy atom. The van der Waals surface area contributed by atoms with Gasteiger partial charge in [0.2, 0.25) is 0 Å². The van der Waals surface area contributed by atoms with E-state index in [0.717, 1.165) is 11.5 Å². The average Bonchev–Trinajstić information content (AvgIpc) is 2.19. The molecule has 1 fully saturated rings. The number of hydrogen-bond acceptors (Lipinski definition) is 3. The zero-order chi connectivity index (χ0) is 10.5. The zero-order valence-electron chi connectivity index (χ0n) is 9.45. The van der Waals surface area contributed by atoms with E-state index in [1.807, 2.05) is 13.1 Å². The lowest BCUT2D eigenvalue weighted by Gasteiger charge is -2.17. The van der Waals surface area contributed by atoms with Crippen LogP contribution in [0.2, 0.25) is 0 Å². The van der Waals surface area contributed by atoms with Crippen LogP contribution in [-0.4, -0.2) is 15.2 Å². The lowest BCUT2D eigenvalue weighted by molar-refractivity contribution is 0.438. The van der Waals surface area contributed by atoms with Crippen LogP contribution >= 0.6 is 0 Å². The standard InChI is InChI=1S/C12H19N3/c1-10-9-13-12(15-14-10)11-7-5-3-2-4-6-8-11/h9,11H,2-8H2,1H3. The second kappa shape index (κ2) is 5.19. The van der Waals surface area contributed by atoms with Crippen LogP contribution in [0.4, 0.5) is 0 Å². The molecule has 1 saturated carbocycles. The second-order valence-corrected chi connectivity index (χ2v) is 4.50. The molecule has 2 rings (SSSR count). The number of nitrogens with zero attached hydrogens (tertiary/aromatic N) is 3. The van der Waals surface area contributed by atoms with Crippen LogP contribution < -0.4 is 0 Å². The van der Waals surface area contributed by atoms with Gasteiger partial charge in [-0.1, -0.05) is 32.1 Å². The first kappa shape index (κ1) is 10.5. The van der Waals surface area contributed by atoms with E-state index in [-0.39, 0.29) is 0 Å². The van der Waals surface area contributed by atoms with Crippen molar-refractivity contribution < 1.29 is 0 Å². The van der Waals surface area contributed by atoms with Gasteiger partial charge in [0, 0.05) is 5.92 Å². The lowest BCUT2D eigenvalue weighted by atomic mass is 9.91. The highest BCUT2D eigenvalue weighted by Gasteiger charge is 2.16. The van der Waals surface area contributed by atoms with Gasteiger partial charge < -0.3 is 0 Å². The summed E-state index contributed by atoms with van der Waals surface area (Å²) in [5.41, 5.74) is 0.907. The van der Waals surface area contributed by atoms with E-state index in [4.69, 9.17) is 0 Å². The third kappa shape index (κ3) is 2.98. The summed E-state index contributed by atoms with van der Waals surface area (Å²) in [6, 6.07) is 0. The summed E-state index contributed by atoms with van der Waals surface area (Å²) in [6.45, 7) is 1.93. The Balaban J connectivity index is 2.03. The van der Waals surface area contributed by atoms with Crippen LogP contribution in [0.15, 0.2) is 6.20 Å². The molecule has 0 radical (unpaired) electrons. The minimum Gasteiger partial charge on any atom is -0.237 e. The fourth-order valence-corrected chi connectivity index (χ4v) is 2.24. The van der Waals surface area contributed by atoms with Crippen molar-refractivity contribution in [1.29, 1.82) is 0 Å².